The van der Waals surface area contributed by atoms with Gasteiger partial charge in [-0.2, -0.15) is 0 Å². The normalized spacial score (nSPS) is 17.4. The number of anilines is 2. The van der Waals surface area contributed by atoms with Crippen molar-refractivity contribution < 1.29 is 23.8 Å². The fourth-order valence-corrected chi connectivity index (χ4v) is 3.03. The van der Waals surface area contributed by atoms with Crippen LogP contribution < -0.4 is 24.8 Å². The first-order valence-corrected chi connectivity index (χ1v) is 9.51. The summed E-state index contributed by atoms with van der Waals surface area (Å²) in [5.41, 5.74) is 1.22. The van der Waals surface area contributed by atoms with E-state index in [1.54, 1.807) is 37.4 Å². The maximum Gasteiger partial charge on any atom is 0.228 e. The van der Waals surface area contributed by atoms with Gasteiger partial charge < -0.3 is 24.8 Å². The number of amides is 2. The highest BCUT2D eigenvalue weighted by molar-refractivity contribution is 6.03. The zero-order valence-electron chi connectivity index (χ0n) is 17.0. The fourth-order valence-electron chi connectivity index (χ4n) is 3.03. The Labute approximate surface area is 170 Å². The molecule has 0 saturated heterocycles. The highest BCUT2D eigenvalue weighted by atomic mass is 16.5. The maximum absolute atomic E-state index is 12.5. The molecule has 29 heavy (non-hydrogen) atoms. The standard InChI is InChI=1S/C22H26N2O5/c1-13(2)29-15-7-5-14(6-8-15)23-21(25)17-12-18(17)22(26)24-19-10-9-16(27-3)11-20(19)28-4/h5-11,13,17-18H,12H2,1-4H3,(H,23,25)(H,24,26). The first-order valence-electron chi connectivity index (χ1n) is 9.51. The van der Waals surface area contributed by atoms with Crippen molar-refractivity contribution in [1.82, 2.24) is 0 Å². The smallest absolute Gasteiger partial charge is 0.228 e. The van der Waals surface area contributed by atoms with Crippen molar-refractivity contribution in [3.63, 3.8) is 0 Å². The summed E-state index contributed by atoms with van der Waals surface area (Å²) in [6, 6.07) is 12.3. The Hall–Kier alpha value is -3.22. The fraction of sp³-hybridized carbons (Fsp3) is 0.364. The summed E-state index contributed by atoms with van der Waals surface area (Å²) in [6.45, 7) is 3.91. The second kappa shape index (κ2) is 8.86. The number of carbonyl (C=O) groups is 2. The number of hydrogen-bond acceptors (Lipinski definition) is 5. The van der Waals surface area contributed by atoms with Crippen LogP contribution in [0.4, 0.5) is 11.4 Å². The molecule has 1 saturated carbocycles. The van der Waals surface area contributed by atoms with Crippen molar-refractivity contribution >= 4 is 23.2 Å². The van der Waals surface area contributed by atoms with Crippen LogP contribution in [0.3, 0.4) is 0 Å². The second-order valence-electron chi connectivity index (χ2n) is 7.18. The van der Waals surface area contributed by atoms with E-state index in [0.717, 1.165) is 5.75 Å². The minimum absolute atomic E-state index is 0.0884. The van der Waals surface area contributed by atoms with Gasteiger partial charge in [-0.1, -0.05) is 0 Å². The average Bonchev–Trinajstić information content (AvgIpc) is 3.50. The molecule has 1 aliphatic carbocycles. The van der Waals surface area contributed by atoms with Crippen LogP contribution in [0.1, 0.15) is 20.3 Å². The van der Waals surface area contributed by atoms with Gasteiger partial charge in [0.15, 0.2) is 0 Å². The van der Waals surface area contributed by atoms with E-state index in [2.05, 4.69) is 10.6 Å². The molecule has 2 aromatic rings. The molecular formula is C22H26N2O5. The van der Waals surface area contributed by atoms with Crippen molar-refractivity contribution in [3.05, 3.63) is 42.5 Å². The van der Waals surface area contributed by atoms with E-state index in [1.807, 2.05) is 26.0 Å². The molecule has 2 atom stereocenters. The van der Waals surface area contributed by atoms with Gasteiger partial charge in [0.25, 0.3) is 0 Å². The molecule has 2 unspecified atom stereocenters. The molecule has 0 spiro atoms. The predicted octanol–water partition coefficient (Wildman–Crippen LogP) is 3.70. The van der Waals surface area contributed by atoms with E-state index in [-0.39, 0.29) is 29.8 Å². The molecule has 7 heteroatoms. The molecule has 7 nitrogen and oxygen atoms in total. The molecule has 0 aromatic heterocycles. The molecule has 2 amide bonds. The third kappa shape index (κ3) is 5.19. The predicted molar refractivity (Wildman–Crippen MR) is 111 cm³/mol. The summed E-state index contributed by atoms with van der Waals surface area (Å²) in [6.07, 6.45) is 0.607. The lowest BCUT2D eigenvalue weighted by Gasteiger charge is -2.12. The topological polar surface area (TPSA) is 85.9 Å². The Morgan fingerprint density at radius 3 is 2.10 bits per heavy atom. The van der Waals surface area contributed by atoms with E-state index in [9.17, 15) is 9.59 Å². The van der Waals surface area contributed by atoms with E-state index in [4.69, 9.17) is 14.2 Å². The summed E-state index contributed by atoms with van der Waals surface area (Å²) >= 11 is 0. The Kier molecular flexibility index (Phi) is 6.26. The van der Waals surface area contributed by atoms with Gasteiger partial charge in [-0.3, -0.25) is 9.59 Å². The molecule has 0 heterocycles. The molecule has 0 radical (unpaired) electrons. The molecule has 1 aliphatic rings. The van der Waals surface area contributed by atoms with Gasteiger partial charge in [0.05, 0.1) is 37.8 Å². The van der Waals surface area contributed by atoms with E-state index >= 15 is 0 Å². The zero-order valence-corrected chi connectivity index (χ0v) is 17.0. The quantitative estimate of drug-likeness (QED) is 0.708. The lowest BCUT2D eigenvalue weighted by molar-refractivity contribution is -0.122. The third-order valence-electron chi connectivity index (χ3n) is 4.62. The second-order valence-corrected chi connectivity index (χ2v) is 7.18. The van der Waals surface area contributed by atoms with Crippen LogP contribution in [-0.2, 0) is 9.59 Å². The van der Waals surface area contributed by atoms with Gasteiger partial charge in [0, 0.05) is 11.8 Å². The molecule has 3 rings (SSSR count). The number of nitrogens with one attached hydrogen (secondary N) is 2. The monoisotopic (exact) mass is 398 g/mol. The van der Waals surface area contributed by atoms with Gasteiger partial charge in [0.2, 0.25) is 11.8 Å². The number of rotatable bonds is 8. The van der Waals surface area contributed by atoms with Crippen LogP contribution in [0.15, 0.2) is 42.5 Å². The van der Waals surface area contributed by atoms with Crippen LogP contribution in [0.5, 0.6) is 17.2 Å². The molecule has 2 aromatic carbocycles. The van der Waals surface area contributed by atoms with Crippen molar-refractivity contribution in [1.29, 1.82) is 0 Å². The van der Waals surface area contributed by atoms with Crippen LogP contribution in [-0.4, -0.2) is 32.1 Å². The average molecular weight is 398 g/mol. The van der Waals surface area contributed by atoms with Gasteiger partial charge in [-0.15, -0.1) is 0 Å². The molecular weight excluding hydrogens is 372 g/mol. The van der Waals surface area contributed by atoms with Gasteiger partial charge >= 0.3 is 0 Å². The largest absolute Gasteiger partial charge is 0.497 e. The molecule has 154 valence electrons. The van der Waals surface area contributed by atoms with Crippen molar-refractivity contribution in [2.24, 2.45) is 11.8 Å². The van der Waals surface area contributed by atoms with Crippen molar-refractivity contribution in [2.75, 3.05) is 24.9 Å². The molecule has 0 bridgehead atoms. The van der Waals surface area contributed by atoms with E-state index in [1.165, 1.54) is 7.11 Å². The van der Waals surface area contributed by atoms with Crippen LogP contribution >= 0.6 is 0 Å². The third-order valence-corrected chi connectivity index (χ3v) is 4.62. The van der Waals surface area contributed by atoms with Crippen LogP contribution in [0.2, 0.25) is 0 Å². The number of carbonyl (C=O) groups excluding carboxylic acids is 2. The van der Waals surface area contributed by atoms with Gasteiger partial charge in [0.1, 0.15) is 17.2 Å². The number of ether oxygens (including phenoxy) is 3. The molecule has 1 fully saturated rings. The van der Waals surface area contributed by atoms with Crippen LogP contribution in [0, 0.1) is 11.8 Å². The van der Waals surface area contributed by atoms with Crippen molar-refractivity contribution in [3.8, 4) is 17.2 Å². The lowest BCUT2D eigenvalue weighted by atomic mass is 10.2. The summed E-state index contributed by atoms with van der Waals surface area (Å²) in [7, 11) is 3.08. The SMILES string of the molecule is COc1ccc(NC(=O)C2CC2C(=O)Nc2ccc(OC(C)C)cc2)c(OC)c1. The molecule has 0 aliphatic heterocycles. The Bertz CT molecular complexity index is 879. The zero-order chi connectivity index (χ0) is 21.0. The van der Waals surface area contributed by atoms with E-state index < -0.39 is 0 Å². The number of methoxy groups -OCH3 is 2. The molecule has 2 N–H and O–H groups in total. The summed E-state index contributed by atoms with van der Waals surface area (Å²) in [5, 5.41) is 5.69. The highest BCUT2D eigenvalue weighted by Crippen LogP contribution is 2.41. The van der Waals surface area contributed by atoms with E-state index in [0.29, 0.717) is 29.3 Å². The first kappa shape index (κ1) is 20.5. The van der Waals surface area contributed by atoms with Crippen LogP contribution in [0.25, 0.3) is 0 Å². The Morgan fingerprint density at radius 2 is 1.52 bits per heavy atom. The Morgan fingerprint density at radius 1 is 0.897 bits per heavy atom. The summed E-state index contributed by atoms with van der Waals surface area (Å²) in [5.74, 6) is 0.821. The minimum Gasteiger partial charge on any atom is -0.497 e. The Balaban J connectivity index is 1.55. The summed E-state index contributed by atoms with van der Waals surface area (Å²) in [4.78, 5) is 25.0. The van der Waals surface area contributed by atoms with Gasteiger partial charge in [-0.25, -0.2) is 0 Å². The first-order chi connectivity index (χ1) is 13.9. The number of hydrogen-bond donors (Lipinski definition) is 2. The minimum atomic E-state index is -0.356. The van der Waals surface area contributed by atoms with Gasteiger partial charge in [-0.05, 0) is 56.7 Å². The highest BCUT2D eigenvalue weighted by Gasteiger charge is 2.48. The maximum atomic E-state index is 12.5. The lowest BCUT2D eigenvalue weighted by Crippen LogP contribution is -2.20. The van der Waals surface area contributed by atoms with Crippen molar-refractivity contribution in [2.45, 2.75) is 26.4 Å². The summed E-state index contributed by atoms with van der Waals surface area (Å²) < 4.78 is 16.0. The number of benzene rings is 2.